The molecule has 0 bridgehead atoms. The Labute approximate surface area is 82.6 Å². The topological polar surface area (TPSA) is 12.5 Å². The Morgan fingerprint density at radius 1 is 1.46 bits per heavy atom. The predicted molar refractivity (Wildman–Crippen MR) is 57.4 cm³/mol. The van der Waals surface area contributed by atoms with Gasteiger partial charge in [-0.05, 0) is 12.8 Å². The summed E-state index contributed by atoms with van der Waals surface area (Å²) in [5.41, 5.74) is 0. The fraction of sp³-hybridized carbons (Fsp3) is 0.818. The highest BCUT2D eigenvalue weighted by atomic mass is 16.5. The second kappa shape index (κ2) is 6.81. The van der Waals surface area contributed by atoms with E-state index in [0.29, 0.717) is 6.10 Å². The van der Waals surface area contributed by atoms with Gasteiger partial charge in [0.25, 0.3) is 0 Å². The molecule has 1 atom stereocenters. The maximum atomic E-state index is 5.27. The lowest BCUT2D eigenvalue weighted by atomic mass is 10.2. The summed E-state index contributed by atoms with van der Waals surface area (Å²) in [7, 11) is 0. The molecule has 1 aliphatic rings. The molecule has 78 valence electrons. The lowest BCUT2D eigenvalue weighted by Gasteiger charge is -2.29. The van der Waals surface area contributed by atoms with Gasteiger partial charge in [0, 0.05) is 12.7 Å². The van der Waals surface area contributed by atoms with Crippen LogP contribution >= 0.6 is 0 Å². The molecule has 0 unspecified atom stereocenters. The van der Waals surface area contributed by atoms with Gasteiger partial charge in [-0.2, -0.15) is 0 Å². The summed E-state index contributed by atoms with van der Waals surface area (Å²) < 4.78 is 5.27. The molecule has 0 aromatic carbocycles. The van der Waals surface area contributed by atoms with Crippen molar-refractivity contribution in [2.45, 2.75) is 40.7 Å². The summed E-state index contributed by atoms with van der Waals surface area (Å²) in [4.78, 5) is 2.30. The van der Waals surface area contributed by atoms with Gasteiger partial charge in [0.15, 0.2) is 0 Å². The van der Waals surface area contributed by atoms with Crippen molar-refractivity contribution in [3.63, 3.8) is 0 Å². The third-order valence-corrected chi connectivity index (χ3v) is 1.67. The molecule has 0 radical (unpaired) electrons. The van der Waals surface area contributed by atoms with E-state index in [0.717, 1.165) is 19.0 Å². The zero-order chi connectivity index (χ0) is 10.3. The van der Waals surface area contributed by atoms with Gasteiger partial charge in [-0.1, -0.05) is 27.7 Å². The van der Waals surface area contributed by atoms with E-state index in [1.54, 1.807) is 6.26 Å². The van der Waals surface area contributed by atoms with E-state index in [1.807, 2.05) is 20.0 Å². The molecule has 0 fully saturated rings. The molecule has 0 saturated carbocycles. The molecular formula is C11H23NO. The second-order valence-corrected chi connectivity index (χ2v) is 3.58. The third-order valence-electron chi connectivity index (χ3n) is 1.67. The first kappa shape index (κ1) is 12.3. The lowest BCUT2D eigenvalue weighted by molar-refractivity contribution is 0.0937. The Bertz CT molecular complexity index is 143. The highest BCUT2D eigenvalue weighted by Crippen LogP contribution is 2.07. The Morgan fingerprint density at radius 2 is 2.08 bits per heavy atom. The fourth-order valence-electron chi connectivity index (χ4n) is 1.29. The summed E-state index contributed by atoms with van der Waals surface area (Å²) in [6.45, 7) is 12.7. The molecule has 1 rings (SSSR count). The molecule has 0 amide bonds. The van der Waals surface area contributed by atoms with Crippen LogP contribution in [0.25, 0.3) is 0 Å². The Balaban J connectivity index is 0.000000671. The minimum absolute atomic E-state index is 0.346. The van der Waals surface area contributed by atoms with Crippen LogP contribution in [0.15, 0.2) is 12.5 Å². The molecule has 0 aromatic rings. The van der Waals surface area contributed by atoms with Crippen LogP contribution in [-0.2, 0) is 4.74 Å². The molecule has 0 saturated heterocycles. The summed E-state index contributed by atoms with van der Waals surface area (Å²) in [5.74, 6) is 0.727. The minimum atomic E-state index is 0.346. The highest BCUT2D eigenvalue weighted by molar-refractivity contribution is 4.83. The zero-order valence-electron chi connectivity index (χ0n) is 9.58. The summed E-state index contributed by atoms with van der Waals surface area (Å²) in [6.07, 6.45) is 4.16. The predicted octanol–water partition coefficient (Wildman–Crippen LogP) is 2.86. The van der Waals surface area contributed by atoms with Crippen LogP contribution in [0.4, 0.5) is 0 Å². The van der Waals surface area contributed by atoms with Crippen molar-refractivity contribution in [1.82, 2.24) is 4.90 Å². The summed E-state index contributed by atoms with van der Waals surface area (Å²) in [5, 5.41) is 0. The number of hydrogen-bond acceptors (Lipinski definition) is 2. The molecule has 0 aromatic heterocycles. The molecule has 0 spiro atoms. The van der Waals surface area contributed by atoms with Crippen LogP contribution in [0.1, 0.15) is 34.6 Å². The van der Waals surface area contributed by atoms with Gasteiger partial charge < -0.3 is 9.64 Å². The summed E-state index contributed by atoms with van der Waals surface area (Å²) in [6, 6.07) is 0. The molecule has 0 N–H and O–H groups in total. The van der Waals surface area contributed by atoms with Gasteiger partial charge in [-0.15, -0.1) is 0 Å². The van der Waals surface area contributed by atoms with Gasteiger partial charge in [0.2, 0.25) is 0 Å². The van der Waals surface area contributed by atoms with E-state index in [1.165, 1.54) is 0 Å². The maximum absolute atomic E-state index is 5.27. The van der Waals surface area contributed by atoms with Crippen molar-refractivity contribution < 1.29 is 4.74 Å². The molecule has 1 heterocycles. The van der Waals surface area contributed by atoms with E-state index in [9.17, 15) is 0 Å². The first-order chi connectivity index (χ1) is 6.18. The van der Waals surface area contributed by atoms with Gasteiger partial charge in [0.1, 0.15) is 6.10 Å². The maximum Gasteiger partial charge on any atom is 0.112 e. The SMILES string of the molecule is CC.CC(C)CN1C=CO[C@@H](C)C1. The molecule has 2 heteroatoms. The van der Waals surface area contributed by atoms with E-state index in [4.69, 9.17) is 4.74 Å². The van der Waals surface area contributed by atoms with Gasteiger partial charge >= 0.3 is 0 Å². The van der Waals surface area contributed by atoms with Crippen LogP contribution in [0.5, 0.6) is 0 Å². The van der Waals surface area contributed by atoms with E-state index < -0.39 is 0 Å². The fourth-order valence-corrected chi connectivity index (χ4v) is 1.29. The van der Waals surface area contributed by atoms with Crippen LogP contribution in [-0.4, -0.2) is 24.1 Å². The zero-order valence-corrected chi connectivity index (χ0v) is 9.58. The molecular weight excluding hydrogens is 162 g/mol. The van der Waals surface area contributed by atoms with Gasteiger partial charge in [0.05, 0.1) is 12.8 Å². The third kappa shape index (κ3) is 5.56. The Kier molecular flexibility index (Phi) is 6.47. The Hall–Kier alpha value is -0.660. The van der Waals surface area contributed by atoms with Crippen LogP contribution in [0.2, 0.25) is 0 Å². The molecule has 0 aliphatic carbocycles. The van der Waals surface area contributed by atoms with E-state index in [2.05, 4.69) is 25.7 Å². The second-order valence-electron chi connectivity index (χ2n) is 3.58. The average Bonchev–Trinajstić information content (AvgIpc) is 2.06. The van der Waals surface area contributed by atoms with Gasteiger partial charge in [-0.3, -0.25) is 0 Å². The highest BCUT2D eigenvalue weighted by Gasteiger charge is 2.11. The minimum Gasteiger partial charge on any atom is -0.495 e. The van der Waals surface area contributed by atoms with Crippen molar-refractivity contribution in [3.05, 3.63) is 12.5 Å². The molecule has 1 aliphatic heterocycles. The van der Waals surface area contributed by atoms with E-state index in [-0.39, 0.29) is 0 Å². The van der Waals surface area contributed by atoms with Crippen LogP contribution < -0.4 is 0 Å². The quantitative estimate of drug-likeness (QED) is 0.656. The first-order valence-corrected chi connectivity index (χ1v) is 5.24. The normalized spacial score (nSPS) is 20.8. The van der Waals surface area contributed by atoms with Crippen LogP contribution in [0, 0.1) is 5.92 Å². The molecule has 2 nitrogen and oxygen atoms in total. The number of hydrogen-bond donors (Lipinski definition) is 0. The monoisotopic (exact) mass is 185 g/mol. The average molecular weight is 185 g/mol. The number of rotatable bonds is 2. The first-order valence-electron chi connectivity index (χ1n) is 5.24. The standard InChI is InChI=1S/C9H17NO.C2H6/c1-8(2)6-10-4-5-11-9(3)7-10;1-2/h4-5,8-9H,6-7H2,1-3H3;1-2H3/t9-;/m0./s1. The lowest BCUT2D eigenvalue weighted by Crippen LogP contribution is -2.33. The van der Waals surface area contributed by atoms with Crippen molar-refractivity contribution in [2.75, 3.05) is 13.1 Å². The largest absolute Gasteiger partial charge is 0.495 e. The number of ether oxygens (including phenoxy) is 1. The van der Waals surface area contributed by atoms with E-state index >= 15 is 0 Å². The van der Waals surface area contributed by atoms with Crippen molar-refractivity contribution in [1.29, 1.82) is 0 Å². The van der Waals surface area contributed by atoms with Crippen molar-refractivity contribution in [3.8, 4) is 0 Å². The summed E-state index contributed by atoms with van der Waals surface area (Å²) >= 11 is 0. The van der Waals surface area contributed by atoms with Crippen molar-refractivity contribution in [2.24, 2.45) is 5.92 Å². The molecule has 13 heavy (non-hydrogen) atoms. The number of nitrogens with zero attached hydrogens (tertiary/aromatic N) is 1. The smallest absolute Gasteiger partial charge is 0.112 e. The van der Waals surface area contributed by atoms with Crippen LogP contribution in [0.3, 0.4) is 0 Å². The Morgan fingerprint density at radius 3 is 2.54 bits per heavy atom. The van der Waals surface area contributed by atoms with Crippen molar-refractivity contribution >= 4 is 0 Å². The van der Waals surface area contributed by atoms with Gasteiger partial charge in [-0.25, -0.2) is 0 Å².